The molecule has 0 unspecified atom stereocenters. The number of hydrogen-bond donors (Lipinski definition) is 2. The van der Waals surface area contributed by atoms with Gasteiger partial charge in [-0.15, -0.1) is 0 Å². The molecule has 2 aromatic rings. The van der Waals surface area contributed by atoms with Crippen molar-refractivity contribution in [3.8, 4) is 11.5 Å². The lowest BCUT2D eigenvalue weighted by Gasteiger charge is -2.06. The average Bonchev–Trinajstić information content (AvgIpc) is 2.22. The SMILES string of the molecule is COSc1ccc(O)c2ccc(O)cc12. The van der Waals surface area contributed by atoms with E-state index in [9.17, 15) is 10.2 Å². The molecule has 0 saturated heterocycles. The Morgan fingerprint density at radius 2 is 1.87 bits per heavy atom. The third kappa shape index (κ3) is 1.86. The van der Waals surface area contributed by atoms with Crippen LogP contribution in [0.3, 0.4) is 0 Å². The van der Waals surface area contributed by atoms with Gasteiger partial charge in [-0.25, -0.2) is 0 Å². The molecule has 0 heterocycles. The summed E-state index contributed by atoms with van der Waals surface area (Å²) in [5.41, 5.74) is 0. The highest BCUT2D eigenvalue weighted by atomic mass is 32.2. The molecule has 0 fully saturated rings. The van der Waals surface area contributed by atoms with E-state index in [2.05, 4.69) is 0 Å². The third-order valence-corrected chi connectivity index (χ3v) is 2.81. The largest absolute Gasteiger partial charge is 0.508 e. The Morgan fingerprint density at radius 1 is 1.07 bits per heavy atom. The maximum atomic E-state index is 9.62. The molecule has 0 radical (unpaired) electrons. The Labute approximate surface area is 91.5 Å². The summed E-state index contributed by atoms with van der Waals surface area (Å²) in [5.74, 6) is 0.372. The Kier molecular flexibility index (Phi) is 2.70. The summed E-state index contributed by atoms with van der Waals surface area (Å²) in [6, 6.07) is 8.20. The molecule has 0 aromatic heterocycles. The normalized spacial score (nSPS) is 10.7. The van der Waals surface area contributed by atoms with Crippen LogP contribution in [0, 0.1) is 0 Å². The fourth-order valence-corrected chi connectivity index (χ4v) is 2.02. The molecule has 0 spiro atoms. The molecule has 0 aliphatic heterocycles. The smallest absolute Gasteiger partial charge is 0.123 e. The van der Waals surface area contributed by atoms with Crippen LogP contribution >= 0.6 is 12.0 Å². The van der Waals surface area contributed by atoms with Gasteiger partial charge in [0, 0.05) is 27.7 Å². The van der Waals surface area contributed by atoms with Gasteiger partial charge in [0.05, 0.1) is 7.11 Å². The monoisotopic (exact) mass is 222 g/mol. The van der Waals surface area contributed by atoms with E-state index in [0.29, 0.717) is 5.39 Å². The zero-order chi connectivity index (χ0) is 10.8. The van der Waals surface area contributed by atoms with Gasteiger partial charge in [-0.05, 0) is 30.3 Å². The van der Waals surface area contributed by atoms with E-state index in [-0.39, 0.29) is 11.5 Å². The Morgan fingerprint density at radius 3 is 2.60 bits per heavy atom. The molecule has 0 atom stereocenters. The molecular formula is C11H10O3S. The van der Waals surface area contributed by atoms with Crippen molar-refractivity contribution in [2.75, 3.05) is 7.11 Å². The van der Waals surface area contributed by atoms with E-state index in [0.717, 1.165) is 10.3 Å². The van der Waals surface area contributed by atoms with Crippen molar-refractivity contribution >= 4 is 22.8 Å². The lowest BCUT2D eigenvalue weighted by Crippen LogP contribution is -1.79. The lowest BCUT2D eigenvalue weighted by molar-refractivity contribution is 0.474. The summed E-state index contributed by atoms with van der Waals surface area (Å²) in [6.45, 7) is 0. The van der Waals surface area contributed by atoms with Crippen LogP contribution in [0.1, 0.15) is 0 Å². The maximum Gasteiger partial charge on any atom is 0.123 e. The molecule has 2 rings (SSSR count). The molecule has 4 heteroatoms. The van der Waals surface area contributed by atoms with Gasteiger partial charge >= 0.3 is 0 Å². The zero-order valence-corrected chi connectivity index (χ0v) is 8.91. The second-order valence-electron chi connectivity index (χ2n) is 3.06. The topological polar surface area (TPSA) is 49.7 Å². The fraction of sp³-hybridized carbons (Fsp3) is 0.0909. The first-order valence-electron chi connectivity index (χ1n) is 4.37. The minimum Gasteiger partial charge on any atom is -0.508 e. The molecule has 0 bridgehead atoms. The first-order chi connectivity index (χ1) is 7.22. The molecule has 0 amide bonds. The standard InChI is InChI=1S/C11H10O3S/c1-14-15-11-5-4-10(13)8-3-2-7(12)6-9(8)11/h2-6,12-13H,1H3. The van der Waals surface area contributed by atoms with Gasteiger partial charge in [-0.2, -0.15) is 0 Å². The van der Waals surface area contributed by atoms with E-state index >= 15 is 0 Å². The molecule has 0 aliphatic carbocycles. The van der Waals surface area contributed by atoms with Gasteiger partial charge in [-0.1, -0.05) is 0 Å². The van der Waals surface area contributed by atoms with Gasteiger partial charge in [0.2, 0.25) is 0 Å². The van der Waals surface area contributed by atoms with Gasteiger partial charge in [0.15, 0.2) is 0 Å². The average molecular weight is 222 g/mol. The molecule has 78 valence electrons. The van der Waals surface area contributed by atoms with Crippen LogP contribution in [0.15, 0.2) is 35.2 Å². The summed E-state index contributed by atoms with van der Waals surface area (Å²) >= 11 is 1.20. The Bertz CT molecular complexity index is 496. The van der Waals surface area contributed by atoms with Crippen molar-refractivity contribution in [3.63, 3.8) is 0 Å². The van der Waals surface area contributed by atoms with Crippen molar-refractivity contribution in [1.82, 2.24) is 0 Å². The summed E-state index contributed by atoms with van der Waals surface area (Å²) < 4.78 is 4.97. The van der Waals surface area contributed by atoms with E-state index in [1.54, 1.807) is 37.4 Å². The molecule has 0 aliphatic rings. The van der Waals surface area contributed by atoms with Gasteiger partial charge in [-0.3, -0.25) is 0 Å². The number of rotatable bonds is 2. The highest BCUT2D eigenvalue weighted by Crippen LogP contribution is 2.35. The van der Waals surface area contributed by atoms with Crippen LogP contribution in [-0.4, -0.2) is 17.3 Å². The van der Waals surface area contributed by atoms with Gasteiger partial charge in [0.25, 0.3) is 0 Å². The highest BCUT2D eigenvalue weighted by molar-refractivity contribution is 7.94. The van der Waals surface area contributed by atoms with Crippen LogP contribution in [0.4, 0.5) is 0 Å². The van der Waals surface area contributed by atoms with Crippen LogP contribution in [0.5, 0.6) is 11.5 Å². The number of phenolic OH excluding ortho intramolecular Hbond substituents is 2. The minimum absolute atomic E-state index is 0.172. The van der Waals surface area contributed by atoms with E-state index in [1.807, 2.05) is 0 Å². The summed E-state index contributed by atoms with van der Waals surface area (Å²) in [4.78, 5) is 0.862. The summed E-state index contributed by atoms with van der Waals surface area (Å²) in [5, 5.41) is 20.5. The Hall–Kier alpha value is -1.39. The van der Waals surface area contributed by atoms with E-state index < -0.39 is 0 Å². The fourth-order valence-electron chi connectivity index (χ4n) is 1.46. The Balaban J connectivity index is 2.72. The number of aromatic hydroxyl groups is 2. The maximum absolute atomic E-state index is 9.62. The number of fused-ring (bicyclic) bond motifs is 1. The molecule has 0 saturated carbocycles. The van der Waals surface area contributed by atoms with Crippen molar-refractivity contribution in [3.05, 3.63) is 30.3 Å². The first-order valence-corrected chi connectivity index (χ1v) is 5.12. The second kappa shape index (κ2) is 4.00. The highest BCUT2D eigenvalue weighted by Gasteiger charge is 2.06. The van der Waals surface area contributed by atoms with Crippen LogP contribution in [0.2, 0.25) is 0 Å². The number of benzene rings is 2. The first kappa shape index (κ1) is 10.1. The predicted octanol–water partition coefficient (Wildman–Crippen LogP) is 2.90. The minimum atomic E-state index is 0.172. The molecule has 2 aromatic carbocycles. The van der Waals surface area contributed by atoms with E-state index in [1.165, 1.54) is 12.0 Å². The van der Waals surface area contributed by atoms with Crippen molar-refractivity contribution in [1.29, 1.82) is 0 Å². The molecule has 3 nitrogen and oxygen atoms in total. The summed E-state index contributed by atoms with van der Waals surface area (Å²) in [6.07, 6.45) is 0. The van der Waals surface area contributed by atoms with Gasteiger partial charge in [0.1, 0.15) is 11.5 Å². The summed E-state index contributed by atoms with van der Waals surface area (Å²) in [7, 11) is 1.58. The van der Waals surface area contributed by atoms with Crippen molar-refractivity contribution in [2.45, 2.75) is 4.90 Å². The van der Waals surface area contributed by atoms with E-state index in [4.69, 9.17) is 4.18 Å². The van der Waals surface area contributed by atoms with Gasteiger partial charge < -0.3 is 14.4 Å². The van der Waals surface area contributed by atoms with Crippen LogP contribution in [-0.2, 0) is 4.18 Å². The molecule has 2 N–H and O–H groups in total. The zero-order valence-electron chi connectivity index (χ0n) is 8.10. The lowest BCUT2D eigenvalue weighted by atomic mass is 10.1. The third-order valence-electron chi connectivity index (χ3n) is 2.11. The van der Waals surface area contributed by atoms with Crippen LogP contribution < -0.4 is 0 Å². The molecular weight excluding hydrogens is 212 g/mol. The second-order valence-corrected chi connectivity index (χ2v) is 4.00. The number of hydrogen-bond acceptors (Lipinski definition) is 4. The van der Waals surface area contributed by atoms with Crippen molar-refractivity contribution in [2.24, 2.45) is 0 Å². The van der Waals surface area contributed by atoms with Crippen LogP contribution in [0.25, 0.3) is 10.8 Å². The number of phenols is 2. The van der Waals surface area contributed by atoms with Crippen molar-refractivity contribution < 1.29 is 14.4 Å². The quantitative estimate of drug-likeness (QED) is 0.767. The predicted molar refractivity (Wildman–Crippen MR) is 60.1 cm³/mol. The molecule has 15 heavy (non-hydrogen) atoms.